The molecule has 41 heavy (non-hydrogen) atoms. The molecule has 0 unspecified atom stereocenters. The number of nitrogens with zero attached hydrogens (tertiary/aromatic N) is 2. The molecule has 0 atom stereocenters. The number of para-hydroxylation sites is 4. The maximum atomic E-state index is 4.18. The molecule has 2 heteroatoms. The number of rotatable bonds is 6. The molecule has 0 aliphatic heterocycles. The number of hydrogen-bond acceptors (Lipinski definition) is 0. The normalized spacial score (nSPS) is 12.2. The molecule has 2 heterocycles. The van der Waals surface area contributed by atoms with Gasteiger partial charge in [-0.25, -0.2) is 0 Å². The van der Waals surface area contributed by atoms with Gasteiger partial charge in [0.25, 0.3) is 0 Å². The Balaban J connectivity index is 1.37. The third kappa shape index (κ3) is 4.10. The molecule has 0 fully saturated rings. The summed E-state index contributed by atoms with van der Waals surface area (Å²) in [5, 5.41) is 5.26. The lowest BCUT2D eigenvalue weighted by Gasteiger charge is -2.16. The molecular formula is C39H34N2. The van der Waals surface area contributed by atoms with Gasteiger partial charge in [0.15, 0.2) is 0 Å². The maximum Gasteiger partial charge on any atom is 0.0524 e. The molecule has 7 rings (SSSR count). The highest BCUT2D eigenvalue weighted by Gasteiger charge is 2.16. The summed E-state index contributed by atoms with van der Waals surface area (Å²) in [7, 11) is 0. The highest BCUT2D eigenvalue weighted by Crippen LogP contribution is 2.34. The van der Waals surface area contributed by atoms with Crippen LogP contribution in [0, 0.1) is 13.8 Å². The Morgan fingerprint density at radius 1 is 0.634 bits per heavy atom. The van der Waals surface area contributed by atoms with E-state index in [2.05, 4.69) is 146 Å². The second-order valence-electron chi connectivity index (χ2n) is 11.3. The van der Waals surface area contributed by atoms with Crippen LogP contribution in [-0.2, 0) is 13.1 Å². The summed E-state index contributed by atoms with van der Waals surface area (Å²) < 4.78 is 4.98. The Labute approximate surface area is 241 Å². The predicted octanol–water partition coefficient (Wildman–Crippen LogP) is 10.3. The molecule has 0 spiro atoms. The quantitative estimate of drug-likeness (QED) is 0.202. The van der Waals surface area contributed by atoms with Crippen molar-refractivity contribution < 1.29 is 0 Å². The molecule has 0 saturated heterocycles. The van der Waals surface area contributed by atoms with Crippen LogP contribution in [0.3, 0.4) is 0 Å². The molecule has 200 valence electrons. The Morgan fingerprint density at radius 3 is 1.80 bits per heavy atom. The summed E-state index contributed by atoms with van der Waals surface area (Å²) in [6.45, 7) is 12.5. The van der Waals surface area contributed by atoms with E-state index < -0.39 is 0 Å². The zero-order chi connectivity index (χ0) is 28.1. The maximum absolute atomic E-state index is 4.18. The van der Waals surface area contributed by atoms with Gasteiger partial charge in [-0.15, -0.1) is 0 Å². The summed E-state index contributed by atoms with van der Waals surface area (Å²) in [6.07, 6.45) is 4.37. The van der Waals surface area contributed by atoms with Crippen molar-refractivity contribution >= 4 is 55.8 Å². The second kappa shape index (κ2) is 9.98. The fourth-order valence-corrected chi connectivity index (χ4v) is 6.75. The lowest BCUT2D eigenvalue weighted by Crippen LogP contribution is -2.04. The van der Waals surface area contributed by atoms with Gasteiger partial charge in [-0.05, 0) is 60.7 Å². The van der Waals surface area contributed by atoms with E-state index in [0.717, 1.165) is 18.7 Å². The summed E-state index contributed by atoms with van der Waals surface area (Å²) in [4.78, 5) is 0. The van der Waals surface area contributed by atoms with Crippen LogP contribution < -0.4 is 0 Å². The molecule has 0 bridgehead atoms. The first kappa shape index (κ1) is 25.2. The Kier molecular flexibility index (Phi) is 6.12. The van der Waals surface area contributed by atoms with Gasteiger partial charge in [0.1, 0.15) is 0 Å². The molecule has 0 radical (unpaired) electrons. The Bertz CT molecular complexity index is 2150. The monoisotopic (exact) mass is 530 g/mol. The zero-order valence-corrected chi connectivity index (χ0v) is 24.0. The third-order valence-corrected chi connectivity index (χ3v) is 8.56. The van der Waals surface area contributed by atoms with Crippen molar-refractivity contribution in [1.29, 1.82) is 0 Å². The van der Waals surface area contributed by atoms with E-state index in [9.17, 15) is 0 Å². The summed E-state index contributed by atoms with van der Waals surface area (Å²) in [6, 6.07) is 37.4. The number of hydrogen-bond donors (Lipinski definition) is 0. The van der Waals surface area contributed by atoms with Gasteiger partial charge in [-0.1, -0.05) is 115 Å². The standard InChI is InChI=1S/C39H34N2/c1-5-29-15-12-16-30(25-41-37-22-9-7-18-32(37)34-20-11-14-28(4)39(34)41)35(29)23-26(2)24-40-36-21-8-6-17-31(36)33-19-10-13-27(3)38(33)40/h5-23H,1,24-25H2,2-4H3/b26-23+. The molecule has 0 aliphatic carbocycles. The van der Waals surface area contributed by atoms with Crippen molar-refractivity contribution in [2.75, 3.05) is 0 Å². The van der Waals surface area contributed by atoms with Gasteiger partial charge in [0, 0.05) is 45.7 Å². The van der Waals surface area contributed by atoms with Gasteiger partial charge in [0.05, 0.1) is 11.0 Å². The predicted molar refractivity (Wildman–Crippen MR) is 178 cm³/mol. The van der Waals surface area contributed by atoms with Gasteiger partial charge in [-0.2, -0.15) is 0 Å². The zero-order valence-electron chi connectivity index (χ0n) is 24.0. The van der Waals surface area contributed by atoms with E-state index in [1.807, 2.05) is 6.08 Å². The van der Waals surface area contributed by atoms with E-state index in [1.165, 1.54) is 71.4 Å². The van der Waals surface area contributed by atoms with Crippen LogP contribution >= 0.6 is 0 Å². The lowest BCUT2D eigenvalue weighted by atomic mass is 9.98. The SMILES string of the molecule is C=Cc1cccc(Cn2c3ccccc3c3cccc(C)c32)c1/C=C(\C)Cn1c2ccccc2c2cccc(C)c21. The minimum atomic E-state index is 0.796. The van der Waals surface area contributed by atoms with Gasteiger partial charge in [-0.3, -0.25) is 0 Å². The van der Waals surface area contributed by atoms with Crippen molar-refractivity contribution in [3.05, 3.63) is 143 Å². The van der Waals surface area contributed by atoms with E-state index in [-0.39, 0.29) is 0 Å². The highest BCUT2D eigenvalue weighted by atomic mass is 15.0. The van der Waals surface area contributed by atoms with Gasteiger partial charge >= 0.3 is 0 Å². The fraction of sp³-hybridized carbons (Fsp3) is 0.128. The topological polar surface area (TPSA) is 9.86 Å². The first-order valence-corrected chi connectivity index (χ1v) is 14.4. The van der Waals surface area contributed by atoms with E-state index in [4.69, 9.17) is 0 Å². The molecule has 0 aliphatic rings. The van der Waals surface area contributed by atoms with Crippen LogP contribution in [0.15, 0.2) is 115 Å². The largest absolute Gasteiger partial charge is 0.336 e. The number of allylic oxidation sites excluding steroid dienone is 1. The number of benzene rings is 5. The molecule has 2 aromatic heterocycles. The summed E-state index contributed by atoms with van der Waals surface area (Å²) in [5.74, 6) is 0. The minimum Gasteiger partial charge on any atom is -0.336 e. The molecule has 0 N–H and O–H groups in total. The fourth-order valence-electron chi connectivity index (χ4n) is 6.75. The van der Waals surface area contributed by atoms with E-state index in [0.29, 0.717) is 0 Å². The third-order valence-electron chi connectivity index (χ3n) is 8.56. The minimum absolute atomic E-state index is 0.796. The molecule has 0 saturated carbocycles. The van der Waals surface area contributed by atoms with Crippen LogP contribution in [0.2, 0.25) is 0 Å². The number of fused-ring (bicyclic) bond motifs is 6. The van der Waals surface area contributed by atoms with Crippen LogP contribution in [0.1, 0.15) is 34.7 Å². The van der Waals surface area contributed by atoms with Gasteiger partial charge < -0.3 is 9.13 Å². The van der Waals surface area contributed by atoms with Crippen LogP contribution in [-0.4, -0.2) is 9.13 Å². The van der Waals surface area contributed by atoms with Crippen molar-refractivity contribution in [3.63, 3.8) is 0 Å². The molecule has 5 aromatic carbocycles. The number of aromatic nitrogens is 2. The van der Waals surface area contributed by atoms with E-state index in [1.54, 1.807) is 0 Å². The number of aryl methyl sites for hydroxylation is 2. The lowest BCUT2D eigenvalue weighted by molar-refractivity contribution is 0.848. The van der Waals surface area contributed by atoms with Gasteiger partial charge in [0.2, 0.25) is 0 Å². The average molecular weight is 531 g/mol. The second-order valence-corrected chi connectivity index (χ2v) is 11.3. The summed E-state index contributed by atoms with van der Waals surface area (Å²) >= 11 is 0. The van der Waals surface area contributed by atoms with Crippen LogP contribution in [0.25, 0.3) is 55.8 Å². The van der Waals surface area contributed by atoms with Crippen molar-refractivity contribution in [3.8, 4) is 0 Å². The first-order chi connectivity index (χ1) is 20.0. The van der Waals surface area contributed by atoms with Crippen LogP contribution in [0.4, 0.5) is 0 Å². The molecule has 2 nitrogen and oxygen atoms in total. The Morgan fingerprint density at radius 2 is 1.17 bits per heavy atom. The molecule has 0 amide bonds. The summed E-state index contributed by atoms with van der Waals surface area (Å²) in [5.41, 5.74) is 12.8. The molecular weight excluding hydrogens is 496 g/mol. The smallest absolute Gasteiger partial charge is 0.0524 e. The average Bonchev–Trinajstić information content (AvgIpc) is 3.48. The Hall–Kier alpha value is -4.82. The highest BCUT2D eigenvalue weighted by molar-refractivity contribution is 6.10. The van der Waals surface area contributed by atoms with E-state index >= 15 is 0 Å². The van der Waals surface area contributed by atoms with Crippen molar-refractivity contribution in [2.45, 2.75) is 33.9 Å². The van der Waals surface area contributed by atoms with Crippen molar-refractivity contribution in [2.24, 2.45) is 0 Å². The van der Waals surface area contributed by atoms with Crippen molar-refractivity contribution in [1.82, 2.24) is 9.13 Å². The first-order valence-electron chi connectivity index (χ1n) is 14.4. The van der Waals surface area contributed by atoms with Crippen LogP contribution in [0.5, 0.6) is 0 Å². The molecule has 7 aromatic rings.